The van der Waals surface area contributed by atoms with Crippen LogP contribution in [0.3, 0.4) is 0 Å². The monoisotopic (exact) mass is 885 g/mol. The van der Waals surface area contributed by atoms with Crippen LogP contribution in [0.1, 0.15) is 51.9 Å². The van der Waals surface area contributed by atoms with Gasteiger partial charge in [0.05, 0.1) is 30.4 Å². The van der Waals surface area contributed by atoms with E-state index in [1.54, 1.807) is 13.2 Å². The average Bonchev–Trinajstić information content (AvgIpc) is 3.66. The van der Waals surface area contributed by atoms with Crippen molar-refractivity contribution >= 4 is 77.1 Å². The predicted octanol–water partition coefficient (Wildman–Crippen LogP) is 1.52. The van der Waals surface area contributed by atoms with Crippen LogP contribution in [0.15, 0.2) is 0 Å². The molecule has 0 spiro atoms. The van der Waals surface area contributed by atoms with Crippen molar-refractivity contribution in [2.45, 2.75) is 68.4 Å². The Labute approximate surface area is 328 Å². The predicted molar refractivity (Wildman–Crippen MR) is 185 cm³/mol. The molecular weight excluding hydrogens is 841 g/mol. The normalized spacial score (nSPS) is 15.9. The van der Waals surface area contributed by atoms with E-state index >= 15 is 0 Å². The zero-order valence-electron chi connectivity index (χ0n) is 30.5. The van der Waals surface area contributed by atoms with Crippen LogP contribution in [0.2, 0.25) is 0 Å². The molecule has 3 unspecified atom stereocenters. The van der Waals surface area contributed by atoms with E-state index in [4.69, 9.17) is 41.3 Å². The third-order valence-electron chi connectivity index (χ3n) is 7.37. The highest BCUT2D eigenvalue weighted by Crippen LogP contribution is 2.25. The van der Waals surface area contributed by atoms with Crippen molar-refractivity contribution in [3.05, 3.63) is 0 Å². The number of thioether (sulfide) groups is 1. The van der Waals surface area contributed by atoms with Crippen molar-refractivity contribution < 1.29 is 88.4 Å². The molecule has 0 aliphatic carbocycles. The van der Waals surface area contributed by atoms with E-state index in [0.717, 1.165) is 9.80 Å². The first-order chi connectivity index (χ1) is 27.4. The summed E-state index contributed by atoms with van der Waals surface area (Å²) >= 11 is 1.08. The van der Waals surface area contributed by atoms with E-state index in [9.17, 15) is 47.0 Å². The fourth-order valence-electron chi connectivity index (χ4n) is 4.82. The minimum Gasteiger partial charge on any atom is -0.381 e. The molecule has 57 heavy (non-hydrogen) atoms. The maximum absolute atomic E-state index is 12.7. The third kappa shape index (κ3) is 24.1. The number of halogens is 9. The van der Waals surface area contributed by atoms with Crippen molar-refractivity contribution in [2.24, 2.45) is 0 Å². The molecule has 330 valence electrons. The highest BCUT2D eigenvalue weighted by atomic mass is 32.2. The molecule has 2 rings (SSSR count). The van der Waals surface area contributed by atoms with Gasteiger partial charge in [-0.25, -0.2) is 0 Å². The van der Waals surface area contributed by atoms with Crippen LogP contribution in [-0.2, 0) is 47.9 Å². The summed E-state index contributed by atoms with van der Waals surface area (Å²) in [4.78, 5) is 112. The molecule has 0 aromatic rings. The molecule has 17 nitrogen and oxygen atoms in total. The van der Waals surface area contributed by atoms with Gasteiger partial charge in [0.2, 0.25) is 53.2 Å². The quantitative estimate of drug-likeness (QED) is 0.0559. The topological polar surface area (TPSA) is 229 Å². The lowest BCUT2D eigenvalue weighted by molar-refractivity contribution is -0.140. The van der Waals surface area contributed by atoms with Crippen molar-refractivity contribution in [1.82, 2.24) is 36.4 Å². The molecule has 5 N–H and O–H groups in total. The van der Waals surface area contributed by atoms with E-state index < -0.39 is 57.9 Å². The maximum atomic E-state index is 12.7. The van der Waals surface area contributed by atoms with Crippen LogP contribution in [0.4, 0.5) is 40.5 Å². The van der Waals surface area contributed by atoms with Gasteiger partial charge in [-0.3, -0.25) is 53.0 Å². The zero-order chi connectivity index (χ0) is 44.3. The lowest BCUT2D eigenvalue weighted by Gasteiger charge is -2.19. The van der Waals surface area contributed by atoms with Gasteiger partial charge in [0.1, 0.15) is 5.25 Å². The van der Waals surface area contributed by atoms with Gasteiger partial charge in [0.15, 0.2) is 0 Å². The van der Waals surface area contributed by atoms with Crippen molar-refractivity contribution in [3.8, 4) is 0 Å². The molecule has 0 saturated carbocycles. The molecule has 2 fully saturated rings. The van der Waals surface area contributed by atoms with Gasteiger partial charge in [-0.05, 0) is 13.2 Å². The SMILES string of the molecule is CCOCCC(=O)NC(CC(=O)NCCNC(=O)CCN1C(=O)CC(SC)C1=O)CC(=O)NCCNC(=O)CCN1C(=O)CC(SF)C1=O.FF.FF.FF.FF. The largest absolute Gasteiger partial charge is 0.381 e. The molecule has 2 aliphatic heterocycles. The van der Waals surface area contributed by atoms with Gasteiger partial charge in [0.25, 0.3) is 0 Å². The minimum atomic E-state index is -1.09. The number of hydrogen-bond acceptors (Lipinski definition) is 12. The molecule has 0 aromatic heterocycles. The highest BCUT2D eigenvalue weighted by Gasteiger charge is 2.40. The number of hydrogen-bond donors (Lipinski definition) is 5. The van der Waals surface area contributed by atoms with Crippen molar-refractivity contribution in [1.29, 1.82) is 0 Å². The first-order valence-corrected chi connectivity index (χ1v) is 18.5. The average molecular weight is 886 g/mol. The fourth-order valence-corrected chi connectivity index (χ4v) is 5.86. The summed E-state index contributed by atoms with van der Waals surface area (Å²) in [6.07, 6.45) is 0.839. The molecule has 3 atom stereocenters. The van der Waals surface area contributed by atoms with E-state index in [-0.39, 0.29) is 115 Å². The van der Waals surface area contributed by atoms with Gasteiger partial charge in [0, 0.05) is 127 Å². The number of nitrogens with one attached hydrogen (secondary N) is 5. The number of ether oxygens (including phenoxy) is 1. The van der Waals surface area contributed by atoms with Crippen LogP contribution < -0.4 is 26.6 Å². The first kappa shape index (κ1) is 57.0. The number of rotatable bonds is 23. The van der Waals surface area contributed by atoms with Crippen LogP contribution in [0.5, 0.6) is 0 Å². The second kappa shape index (κ2) is 36.0. The van der Waals surface area contributed by atoms with Crippen molar-refractivity contribution in [2.75, 3.05) is 58.7 Å². The summed E-state index contributed by atoms with van der Waals surface area (Å²) in [7, 11) is 0. The van der Waals surface area contributed by atoms with E-state index in [2.05, 4.69) is 26.6 Å². The number of amides is 9. The number of carbonyl (C=O) groups is 9. The van der Waals surface area contributed by atoms with Crippen LogP contribution in [0, 0.1) is 0 Å². The number of likely N-dealkylation sites (tertiary alicyclic amines) is 2. The minimum absolute atomic E-state index is 0.0140. The van der Waals surface area contributed by atoms with Gasteiger partial charge in [-0.2, -0.15) is 15.6 Å². The Bertz CT molecular complexity index is 1190. The molecular formula is C29H44F9N7O10S2. The number of nitrogens with zero attached hydrogens (tertiary/aromatic N) is 2. The second-order valence-corrected chi connectivity index (χ2v) is 12.8. The highest BCUT2D eigenvalue weighted by molar-refractivity contribution is 8.00. The summed E-state index contributed by atoms with van der Waals surface area (Å²) < 4.78 is 81.9. The lowest BCUT2D eigenvalue weighted by atomic mass is 10.1. The van der Waals surface area contributed by atoms with Crippen LogP contribution >= 0.6 is 23.9 Å². The Morgan fingerprint density at radius 2 is 1.04 bits per heavy atom. The van der Waals surface area contributed by atoms with Gasteiger partial charge in [-0.15, -0.1) is 0 Å². The Kier molecular flexibility index (Phi) is 36.0. The van der Waals surface area contributed by atoms with Crippen LogP contribution in [-0.4, -0.2) is 138 Å². The molecule has 0 aromatic carbocycles. The first-order valence-electron chi connectivity index (χ1n) is 16.4. The third-order valence-corrected chi connectivity index (χ3v) is 8.89. The Morgan fingerprint density at radius 3 is 1.39 bits per heavy atom. The molecule has 2 aliphatic rings. The van der Waals surface area contributed by atoms with E-state index in [1.165, 1.54) is 11.8 Å². The second-order valence-electron chi connectivity index (χ2n) is 11.0. The molecule has 2 saturated heterocycles. The van der Waals surface area contributed by atoms with Gasteiger partial charge in [-0.1, -0.05) is 0 Å². The summed E-state index contributed by atoms with van der Waals surface area (Å²) in [6, 6.07) is -0.874. The number of imide groups is 2. The van der Waals surface area contributed by atoms with Gasteiger partial charge >= 0.3 is 0 Å². The molecule has 0 radical (unpaired) electrons. The summed E-state index contributed by atoms with van der Waals surface area (Å²) in [6.45, 7) is 2.28. The van der Waals surface area contributed by atoms with Crippen molar-refractivity contribution in [3.63, 3.8) is 0 Å². The van der Waals surface area contributed by atoms with E-state index in [1.807, 2.05) is 0 Å². The molecule has 2 heterocycles. The number of carbonyl (C=O) groups excluding carboxylic acids is 9. The lowest BCUT2D eigenvalue weighted by Crippen LogP contribution is -2.44. The summed E-state index contributed by atoms with van der Waals surface area (Å²) in [5.41, 5.74) is 0. The summed E-state index contributed by atoms with van der Waals surface area (Å²) in [5, 5.41) is 11.4. The molecule has 28 heteroatoms. The smallest absolute Gasteiger partial charge is 0.245 e. The molecule has 9 amide bonds. The Morgan fingerprint density at radius 1 is 0.649 bits per heavy atom. The zero-order valence-corrected chi connectivity index (χ0v) is 32.2. The Hall–Kier alpha value is -4.34. The maximum Gasteiger partial charge on any atom is 0.245 e. The standard InChI is InChI=1S/C29H44FN7O10S2.4F2/c1-3-47-13-6-23(40)35-18(14-24(41)33-9-7-31-21(38)4-11-36-26(43)16-19(48-2)28(36)45)15-25(42)34-10-8-32-22(39)5-12-37-27(44)17-20(49-30)29(37)46;4*1-2/h18-20H,3-17H2,1-2H3,(H,31,38)(H,32,39)(H,33,41)(H,34,42)(H,35,40);;;;. The van der Waals surface area contributed by atoms with Gasteiger partial charge < -0.3 is 31.3 Å². The van der Waals surface area contributed by atoms with E-state index in [0.29, 0.717) is 6.61 Å². The Balaban J connectivity index is -0.00000341. The molecule has 0 bridgehead atoms. The van der Waals surface area contributed by atoms with Crippen LogP contribution in [0.25, 0.3) is 0 Å². The fraction of sp³-hybridized carbons (Fsp3) is 0.690. The summed E-state index contributed by atoms with van der Waals surface area (Å²) in [5.74, 6) is -4.17.